The van der Waals surface area contributed by atoms with Crippen LogP contribution in [-0.2, 0) is 23.7 Å². The highest BCUT2D eigenvalue weighted by molar-refractivity contribution is 6.06. The number of esters is 1. The Labute approximate surface area is 244 Å². The molecule has 4 aliphatic heterocycles. The van der Waals surface area contributed by atoms with Crippen molar-refractivity contribution in [2.24, 2.45) is 28.8 Å². The minimum Gasteiger partial charge on any atom is -0.462 e. The van der Waals surface area contributed by atoms with Crippen LogP contribution in [0.3, 0.4) is 0 Å². The lowest BCUT2D eigenvalue weighted by molar-refractivity contribution is -0.340. The first kappa shape index (κ1) is 30.2. The van der Waals surface area contributed by atoms with Crippen LogP contribution in [0.2, 0.25) is 0 Å². The molecule has 2 bridgehead atoms. The number of allylic oxidation sites excluding steroid dienone is 4. The summed E-state index contributed by atoms with van der Waals surface area (Å²) in [7, 11) is 0. The quantitative estimate of drug-likeness (QED) is 0.182. The molecular weight excluding hydrogens is 522 g/mol. The molecule has 0 saturated carbocycles. The van der Waals surface area contributed by atoms with E-state index in [0.29, 0.717) is 42.2 Å². The molecular formula is C33H47NO7. The minimum atomic E-state index is -1.72. The molecule has 0 radical (unpaired) electrons. The van der Waals surface area contributed by atoms with Gasteiger partial charge in [-0.1, -0.05) is 68.8 Å². The number of ether oxygens (including phenoxy) is 4. The second-order valence-electron chi connectivity index (χ2n) is 13.4. The first-order valence-corrected chi connectivity index (χ1v) is 15.3. The number of hydrogen-bond acceptors (Lipinski definition) is 8. The Morgan fingerprint density at radius 1 is 1.15 bits per heavy atom. The summed E-state index contributed by atoms with van der Waals surface area (Å²) in [6, 6.07) is 0. The highest BCUT2D eigenvalue weighted by Crippen LogP contribution is 2.47. The summed E-state index contributed by atoms with van der Waals surface area (Å²) in [6.07, 6.45) is 12.6. The van der Waals surface area contributed by atoms with Crippen molar-refractivity contribution in [2.75, 3.05) is 6.61 Å². The fourth-order valence-electron chi connectivity index (χ4n) is 7.48. The van der Waals surface area contributed by atoms with E-state index < -0.39 is 35.5 Å². The van der Waals surface area contributed by atoms with E-state index in [0.717, 1.165) is 19.3 Å². The van der Waals surface area contributed by atoms with Crippen LogP contribution in [0.4, 0.5) is 0 Å². The predicted molar refractivity (Wildman–Crippen MR) is 155 cm³/mol. The van der Waals surface area contributed by atoms with Gasteiger partial charge in [0.05, 0.1) is 18.8 Å². The van der Waals surface area contributed by atoms with Gasteiger partial charge in [0.25, 0.3) is 0 Å². The van der Waals surface area contributed by atoms with E-state index in [2.05, 4.69) is 51.9 Å². The normalized spacial score (nSPS) is 45.0. The largest absolute Gasteiger partial charge is 0.462 e. The van der Waals surface area contributed by atoms with Crippen LogP contribution in [0.1, 0.15) is 80.1 Å². The molecule has 9 atom stereocenters. The molecule has 2 N–H and O–H groups in total. The molecule has 0 unspecified atom stereocenters. The summed E-state index contributed by atoms with van der Waals surface area (Å²) in [5, 5.41) is 25.4. The van der Waals surface area contributed by atoms with E-state index in [1.165, 1.54) is 5.57 Å². The molecule has 8 heteroatoms. The lowest BCUT2D eigenvalue weighted by Gasteiger charge is -2.50. The minimum absolute atomic E-state index is 0.0616. The monoisotopic (exact) mass is 569 g/mol. The Morgan fingerprint density at radius 2 is 1.93 bits per heavy atom. The molecule has 3 saturated heterocycles. The number of oxime groups is 1. The number of rotatable bonds is 1. The summed E-state index contributed by atoms with van der Waals surface area (Å²) >= 11 is 0. The molecule has 5 rings (SSSR count). The van der Waals surface area contributed by atoms with Crippen molar-refractivity contribution < 1.29 is 34.1 Å². The molecule has 0 aromatic heterocycles. The summed E-state index contributed by atoms with van der Waals surface area (Å²) in [5.74, 6) is -1.31. The molecule has 4 heterocycles. The van der Waals surface area contributed by atoms with Crippen LogP contribution in [0, 0.1) is 23.7 Å². The van der Waals surface area contributed by atoms with Crippen LogP contribution in [0.15, 0.2) is 52.3 Å². The average molecular weight is 570 g/mol. The molecule has 0 aromatic rings. The van der Waals surface area contributed by atoms with Gasteiger partial charge in [-0.05, 0) is 62.0 Å². The third kappa shape index (κ3) is 5.85. The Balaban J connectivity index is 1.53. The van der Waals surface area contributed by atoms with E-state index in [1.54, 1.807) is 13.0 Å². The Bertz CT molecular complexity index is 1170. The van der Waals surface area contributed by atoms with Gasteiger partial charge < -0.3 is 29.3 Å². The van der Waals surface area contributed by atoms with Crippen LogP contribution in [0.25, 0.3) is 0 Å². The van der Waals surface area contributed by atoms with Crippen molar-refractivity contribution in [2.45, 2.75) is 116 Å². The first-order valence-electron chi connectivity index (χ1n) is 15.3. The molecule has 8 nitrogen and oxygen atoms in total. The number of carbonyl (C=O) groups is 1. The second-order valence-corrected chi connectivity index (χ2v) is 13.4. The van der Waals surface area contributed by atoms with E-state index in [9.17, 15) is 15.1 Å². The van der Waals surface area contributed by atoms with Crippen LogP contribution < -0.4 is 0 Å². The zero-order chi connectivity index (χ0) is 29.5. The van der Waals surface area contributed by atoms with Gasteiger partial charge in [0.2, 0.25) is 0 Å². The standard InChI is InChI=1S/C33H47NO7/c1-19(2)29-22(5)12-13-32(41-29)17-26-16-25(40-32)11-10-21(4)14-20(3)8-7-9-24-18-38-30-28(34-37)23(6)15-27(31(35)39-26)33(24,30)36/h7-10,15,19-20,22,25-27,29-30,36-37H,11-14,16-18H2,1-6H3/b8-7-,21-10-,24-9?,34-28-/t20-,22-,25+,26-,27-,29+,30+,32+,33+/m0/s1. The lowest BCUT2D eigenvalue weighted by atomic mass is 9.71. The lowest BCUT2D eigenvalue weighted by Crippen LogP contribution is -2.57. The number of nitrogens with zero attached hydrogens (tertiary/aromatic N) is 1. The molecule has 0 amide bonds. The molecule has 5 aliphatic rings. The van der Waals surface area contributed by atoms with Crippen molar-refractivity contribution in [1.29, 1.82) is 0 Å². The number of fused-ring (bicyclic) bond motifs is 2. The van der Waals surface area contributed by atoms with Crippen molar-refractivity contribution >= 4 is 11.7 Å². The summed E-state index contributed by atoms with van der Waals surface area (Å²) in [4.78, 5) is 14.0. The van der Waals surface area contributed by atoms with Gasteiger partial charge in [-0.2, -0.15) is 0 Å². The molecule has 3 fully saturated rings. The molecule has 1 spiro atoms. The van der Waals surface area contributed by atoms with Crippen LogP contribution in [0.5, 0.6) is 0 Å². The molecule has 1 aliphatic carbocycles. The van der Waals surface area contributed by atoms with E-state index in [-0.39, 0.29) is 30.4 Å². The third-order valence-corrected chi connectivity index (χ3v) is 9.61. The zero-order valence-corrected chi connectivity index (χ0v) is 25.3. The molecule has 0 aromatic carbocycles. The highest BCUT2D eigenvalue weighted by Gasteiger charge is 2.59. The fourth-order valence-corrected chi connectivity index (χ4v) is 7.48. The first-order chi connectivity index (χ1) is 19.5. The number of carbonyl (C=O) groups excluding carboxylic acids is 1. The van der Waals surface area contributed by atoms with E-state index in [4.69, 9.17) is 18.9 Å². The highest BCUT2D eigenvalue weighted by atomic mass is 16.7. The maximum Gasteiger partial charge on any atom is 0.316 e. The smallest absolute Gasteiger partial charge is 0.316 e. The van der Waals surface area contributed by atoms with Gasteiger partial charge in [0.1, 0.15) is 29.4 Å². The van der Waals surface area contributed by atoms with Gasteiger partial charge in [-0.15, -0.1) is 0 Å². The van der Waals surface area contributed by atoms with Gasteiger partial charge in [-0.25, -0.2) is 0 Å². The SMILES string of the molecule is CC1=C[C@H]2C(=O)O[C@H]3C[C@@H](C/C=C(/C)C[C@@H](C)/C=C\C=C4CO[C@H](/C1=N\O)[C@@]42O)O[C@@]1(CC[C@H](C)[C@@H](C(C)C)O1)C3. The summed E-state index contributed by atoms with van der Waals surface area (Å²) in [5.41, 5.74) is 0.914. The van der Waals surface area contributed by atoms with Crippen molar-refractivity contribution in [3.8, 4) is 0 Å². The predicted octanol–water partition coefficient (Wildman–Crippen LogP) is 5.64. The average Bonchev–Trinajstić information content (AvgIpc) is 3.24. The third-order valence-electron chi connectivity index (χ3n) is 9.61. The molecule has 226 valence electrons. The Morgan fingerprint density at radius 3 is 2.66 bits per heavy atom. The van der Waals surface area contributed by atoms with E-state index >= 15 is 0 Å². The Kier molecular flexibility index (Phi) is 8.68. The summed E-state index contributed by atoms with van der Waals surface area (Å²) in [6.45, 7) is 12.8. The van der Waals surface area contributed by atoms with Gasteiger partial charge in [0.15, 0.2) is 5.79 Å². The van der Waals surface area contributed by atoms with Crippen molar-refractivity contribution in [3.63, 3.8) is 0 Å². The number of hydrogen-bond donors (Lipinski definition) is 2. The summed E-state index contributed by atoms with van der Waals surface area (Å²) < 4.78 is 25.7. The van der Waals surface area contributed by atoms with Crippen LogP contribution in [-0.4, -0.2) is 64.4 Å². The van der Waals surface area contributed by atoms with Crippen LogP contribution >= 0.6 is 0 Å². The fraction of sp³-hybridized carbons (Fsp3) is 0.697. The van der Waals surface area contributed by atoms with Crippen molar-refractivity contribution in [1.82, 2.24) is 0 Å². The second kappa shape index (κ2) is 11.8. The maximum atomic E-state index is 14.0. The number of aliphatic hydroxyl groups is 1. The molecule has 41 heavy (non-hydrogen) atoms. The van der Waals surface area contributed by atoms with Gasteiger partial charge in [-0.3, -0.25) is 4.79 Å². The topological polar surface area (TPSA) is 107 Å². The van der Waals surface area contributed by atoms with Gasteiger partial charge in [0, 0.05) is 19.3 Å². The maximum absolute atomic E-state index is 14.0. The van der Waals surface area contributed by atoms with E-state index in [1.807, 2.05) is 12.2 Å². The van der Waals surface area contributed by atoms with Gasteiger partial charge >= 0.3 is 5.97 Å². The Hall–Kier alpha value is -2.26. The van der Waals surface area contributed by atoms with Crippen molar-refractivity contribution in [3.05, 3.63) is 47.1 Å². The zero-order valence-electron chi connectivity index (χ0n) is 25.3.